The summed E-state index contributed by atoms with van der Waals surface area (Å²) < 4.78 is 5.30. The van der Waals surface area contributed by atoms with Crippen LogP contribution in [0, 0.1) is 0 Å². The lowest BCUT2D eigenvalue weighted by atomic mass is 9.93. The monoisotopic (exact) mass is 217 g/mol. The molecule has 0 saturated heterocycles. The number of aliphatic imine (C=N–C) groups is 1. The minimum Gasteiger partial charge on any atom is -0.475 e. The normalized spacial score (nSPS) is 25.8. The lowest BCUT2D eigenvalue weighted by Gasteiger charge is -2.31. The standard InChI is InChI=1S/C10H12BN3O2/c1-10(6-3-4-7(11)16-6)5-8(15)14(2)9(12)13-10/h3-4H,5H2,1-2H3,(H2,12,13)/t10-/m0/s1. The Morgan fingerprint density at radius 3 is 2.81 bits per heavy atom. The zero-order chi connectivity index (χ0) is 11.9. The molecule has 5 nitrogen and oxygen atoms in total. The number of carbonyl (C=O) groups excluding carboxylic acids is 1. The average Bonchev–Trinajstić information content (AvgIpc) is 2.62. The maximum absolute atomic E-state index is 11.7. The van der Waals surface area contributed by atoms with Crippen LogP contribution in [-0.4, -0.2) is 31.7 Å². The second-order valence-electron chi connectivity index (χ2n) is 4.08. The van der Waals surface area contributed by atoms with Gasteiger partial charge >= 0.3 is 0 Å². The molecule has 1 aromatic heterocycles. The van der Waals surface area contributed by atoms with Gasteiger partial charge in [0.05, 0.1) is 6.42 Å². The van der Waals surface area contributed by atoms with Gasteiger partial charge in [0.2, 0.25) is 5.91 Å². The number of nitrogens with zero attached hydrogens (tertiary/aromatic N) is 2. The molecule has 82 valence electrons. The van der Waals surface area contributed by atoms with Gasteiger partial charge in [-0.3, -0.25) is 9.69 Å². The van der Waals surface area contributed by atoms with Crippen LogP contribution in [0.4, 0.5) is 0 Å². The van der Waals surface area contributed by atoms with E-state index in [0.717, 1.165) is 0 Å². The van der Waals surface area contributed by atoms with Crippen molar-refractivity contribution < 1.29 is 9.21 Å². The molecule has 0 aliphatic carbocycles. The first-order valence-corrected chi connectivity index (χ1v) is 4.90. The summed E-state index contributed by atoms with van der Waals surface area (Å²) in [5.74, 6) is 0.646. The fraction of sp³-hybridized carbons (Fsp3) is 0.400. The molecule has 2 radical (unpaired) electrons. The average molecular weight is 217 g/mol. The van der Waals surface area contributed by atoms with Crippen molar-refractivity contribution >= 4 is 25.4 Å². The van der Waals surface area contributed by atoms with Gasteiger partial charge < -0.3 is 10.2 Å². The quantitative estimate of drug-likeness (QED) is 0.642. The van der Waals surface area contributed by atoms with E-state index in [4.69, 9.17) is 18.0 Å². The van der Waals surface area contributed by atoms with E-state index in [1.807, 2.05) is 0 Å². The molecule has 1 amide bonds. The number of nitrogens with two attached hydrogens (primary N) is 1. The Balaban J connectivity index is 2.43. The van der Waals surface area contributed by atoms with Crippen LogP contribution in [0.3, 0.4) is 0 Å². The molecule has 2 heterocycles. The summed E-state index contributed by atoms with van der Waals surface area (Å²) in [6.45, 7) is 1.79. The summed E-state index contributed by atoms with van der Waals surface area (Å²) in [5.41, 5.74) is 5.21. The Labute approximate surface area is 94.7 Å². The van der Waals surface area contributed by atoms with Crippen molar-refractivity contribution in [3.05, 3.63) is 17.9 Å². The molecule has 2 N–H and O–H groups in total. The minimum absolute atomic E-state index is 0.0926. The molecule has 0 saturated carbocycles. The molecule has 0 spiro atoms. The van der Waals surface area contributed by atoms with Crippen molar-refractivity contribution in [2.45, 2.75) is 18.9 Å². The summed E-state index contributed by atoms with van der Waals surface area (Å²) >= 11 is 0. The highest BCUT2D eigenvalue weighted by Crippen LogP contribution is 2.32. The number of guanidine groups is 1. The summed E-state index contributed by atoms with van der Waals surface area (Å²) in [5, 5.41) is 0. The molecular formula is C10H12BN3O2. The van der Waals surface area contributed by atoms with Crippen LogP contribution in [-0.2, 0) is 10.3 Å². The summed E-state index contributed by atoms with van der Waals surface area (Å²) in [6.07, 6.45) is 0.219. The maximum Gasteiger partial charge on any atom is 0.231 e. The number of carbonyl (C=O) groups is 1. The predicted octanol–water partition coefficient (Wildman–Crippen LogP) is -0.535. The first kappa shape index (κ1) is 10.8. The van der Waals surface area contributed by atoms with Crippen molar-refractivity contribution in [1.29, 1.82) is 0 Å². The van der Waals surface area contributed by atoms with E-state index in [-0.39, 0.29) is 18.3 Å². The highest BCUT2D eigenvalue weighted by molar-refractivity contribution is 6.29. The lowest BCUT2D eigenvalue weighted by Crippen LogP contribution is -2.47. The Hall–Kier alpha value is -1.72. The first-order chi connectivity index (χ1) is 7.42. The third-order valence-electron chi connectivity index (χ3n) is 2.73. The van der Waals surface area contributed by atoms with Gasteiger partial charge in [-0.15, -0.1) is 0 Å². The van der Waals surface area contributed by atoms with E-state index in [1.54, 1.807) is 26.1 Å². The highest BCUT2D eigenvalue weighted by Gasteiger charge is 2.38. The van der Waals surface area contributed by atoms with E-state index in [2.05, 4.69) is 4.99 Å². The third-order valence-corrected chi connectivity index (χ3v) is 2.73. The molecule has 0 unspecified atom stereocenters. The first-order valence-electron chi connectivity index (χ1n) is 4.90. The predicted molar refractivity (Wildman–Crippen MR) is 60.5 cm³/mol. The van der Waals surface area contributed by atoms with Crippen molar-refractivity contribution in [3.63, 3.8) is 0 Å². The van der Waals surface area contributed by atoms with Gasteiger partial charge in [-0.2, -0.15) is 0 Å². The second-order valence-corrected chi connectivity index (χ2v) is 4.08. The van der Waals surface area contributed by atoms with Gasteiger partial charge in [0, 0.05) is 12.7 Å². The molecule has 0 bridgehead atoms. The molecule has 0 aromatic carbocycles. The van der Waals surface area contributed by atoms with Crippen LogP contribution in [0.1, 0.15) is 19.1 Å². The minimum atomic E-state index is -0.759. The Bertz CT molecular complexity index is 468. The van der Waals surface area contributed by atoms with E-state index in [0.29, 0.717) is 11.4 Å². The largest absolute Gasteiger partial charge is 0.475 e. The zero-order valence-electron chi connectivity index (χ0n) is 9.23. The molecule has 0 fully saturated rings. The molecule has 1 aromatic rings. The van der Waals surface area contributed by atoms with Gasteiger partial charge in [0.15, 0.2) is 13.8 Å². The van der Waals surface area contributed by atoms with E-state index in [9.17, 15) is 4.79 Å². The number of hydrogen-bond acceptors (Lipinski definition) is 4. The maximum atomic E-state index is 11.7. The molecule has 2 rings (SSSR count). The van der Waals surface area contributed by atoms with E-state index >= 15 is 0 Å². The molecule has 1 aliphatic rings. The van der Waals surface area contributed by atoms with Crippen molar-refractivity contribution in [1.82, 2.24) is 4.90 Å². The topological polar surface area (TPSA) is 71.8 Å². The highest BCUT2D eigenvalue weighted by atomic mass is 16.3. The number of amides is 1. The zero-order valence-corrected chi connectivity index (χ0v) is 9.23. The fourth-order valence-corrected chi connectivity index (χ4v) is 1.69. The summed E-state index contributed by atoms with van der Waals surface area (Å²) in [7, 11) is 7.09. The number of hydrogen-bond donors (Lipinski definition) is 1. The Morgan fingerprint density at radius 2 is 2.31 bits per heavy atom. The van der Waals surface area contributed by atoms with E-state index in [1.165, 1.54) is 4.90 Å². The lowest BCUT2D eigenvalue weighted by molar-refractivity contribution is -0.128. The van der Waals surface area contributed by atoms with E-state index < -0.39 is 5.54 Å². The van der Waals surface area contributed by atoms with Crippen molar-refractivity contribution in [3.8, 4) is 0 Å². The Morgan fingerprint density at radius 1 is 1.62 bits per heavy atom. The van der Waals surface area contributed by atoms with Crippen LogP contribution in [0.25, 0.3) is 0 Å². The van der Waals surface area contributed by atoms with Crippen LogP contribution in [0.5, 0.6) is 0 Å². The van der Waals surface area contributed by atoms with Crippen LogP contribution < -0.4 is 11.4 Å². The molecule has 6 heteroatoms. The SMILES string of the molecule is [B]c1ccc([C@]2(C)CC(=O)N(C)C(N)=N2)o1. The summed E-state index contributed by atoms with van der Waals surface area (Å²) in [6, 6.07) is 3.35. The van der Waals surface area contributed by atoms with Crippen LogP contribution in [0.15, 0.2) is 21.5 Å². The molecule has 1 atom stereocenters. The van der Waals surface area contributed by atoms with Crippen LogP contribution in [0.2, 0.25) is 0 Å². The van der Waals surface area contributed by atoms with Crippen LogP contribution >= 0.6 is 0 Å². The van der Waals surface area contributed by atoms with Gasteiger partial charge in [-0.05, 0) is 19.1 Å². The number of rotatable bonds is 1. The number of furan rings is 1. The smallest absolute Gasteiger partial charge is 0.231 e. The van der Waals surface area contributed by atoms with Crippen molar-refractivity contribution in [2.75, 3.05) is 7.05 Å². The van der Waals surface area contributed by atoms with Gasteiger partial charge in [-0.25, -0.2) is 4.99 Å². The second kappa shape index (κ2) is 3.40. The summed E-state index contributed by atoms with van der Waals surface area (Å²) in [4.78, 5) is 17.3. The third kappa shape index (κ3) is 1.60. The van der Waals surface area contributed by atoms with Gasteiger partial charge in [0.25, 0.3) is 0 Å². The van der Waals surface area contributed by atoms with Gasteiger partial charge in [0.1, 0.15) is 11.3 Å². The molecule has 16 heavy (non-hydrogen) atoms. The fourth-order valence-electron chi connectivity index (χ4n) is 1.69. The Kier molecular flexibility index (Phi) is 2.29. The molecule has 1 aliphatic heterocycles. The van der Waals surface area contributed by atoms with Crippen molar-refractivity contribution in [2.24, 2.45) is 10.7 Å². The van der Waals surface area contributed by atoms with Gasteiger partial charge in [-0.1, -0.05) is 0 Å². The molecular weight excluding hydrogens is 205 g/mol.